The number of benzene rings is 1. The molecule has 0 amide bonds. The lowest BCUT2D eigenvalue weighted by molar-refractivity contribution is 0.581. The maximum absolute atomic E-state index is 12.0. The molecule has 18 heavy (non-hydrogen) atoms. The smallest absolute Gasteiger partial charge is 0.240 e. The summed E-state index contributed by atoms with van der Waals surface area (Å²) in [6, 6.07) is 5.05. The molecule has 4 nitrogen and oxygen atoms in total. The summed E-state index contributed by atoms with van der Waals surface area (Å²) >= 11 is 1.70. The van der Waals surface area contributed by atoms with E-state index >= 15 is 0 Å². The standard InChI is InChI=1S/C12H20N2O2S2/c1-10-4-5-12(8-11(10)9-13)18(15,16)14-6-3-7-17-2/h4-5,8,14H,3,6-7,9,13H2,1-2H3. The van der Waals surface area contributed by atoms with Crippen molar-refractivity contribution in [3.8, 4) is 0 Å². The van der Waals surface area contributed by atoms with E-state index in [1.54, 1.807) is 30.0 Å². The molecule has 0 saturated heterocycles. The van der Waals surface area contributed by atoms with Gasteiger partial charge in [-0.25, -0.2) is 13.1 Å². The zero-order valence-corrected chi connectivity index (χ0v) is 12.4. The Balaban J connectivity index is 2.78. The number of nitrogens with one attached hydrogen (secondary N) is 1. The Morgan fingerprint density at radius 2 is 2.11 bits per heavy atom. The van der Waals surface area contributed by atoms with Crippen LogP contribution in [-0.2, 0) is 16.6 Å². The van der Waals surface area contributed by atoms with Crippen LogP contribution in [0.1, 0.15) is 17.5 Å². The Bertz CT molecular complexity index is 487. The first-order chi connectivity index (χ1) is 8.51. The predicted octanol–water partition coefficient (Wildman–Crippen LogP) is 1.49. The van der Waals surface area contributed by atoms with Crippen molar-refractivity contribution in [3.05, 3.63) is 29.3 Å². The van der Waals surface area contributed by atoms with Crippen molar-refractivity contribution in [2.45, 2.75) is 24.8 Å². The number of rotatable bonds is 7. The van der Waals surface area contributed by atoms with Crippen LogP contribution >= 0.6 is 11.8 Å². The first-order valence-corrected chi connectivity index (χ1v) is 8.67. The fourth-order valence-electron chi connectivity index (χ4n) is 1.54. The van der Waals surface area contributed by atoms with Crippen LogP contribution in [-0.4, -0.2) is 27.0 Å². The Morgan fingerprint density at radius 3 is 2.72 bits per heavy atom. The molecule has 102 valence electrons. The second-order valence-electron chi connectivity index (χ2n) is 4.04. The Morgan fingerprint density at radius 1 is 1.39 bits per heavy atom. The molecule has 1 rings (SSSR count). The average molecular weight is 288 g/mol. The molecule has 0 atom stereocenters. The molecular formula is C12H20N2O2S2. The van der Waals surface area contributed by atoms with Gasteiger partial charge in [-0.2, -0.15) is 11.8 Å². The third-order valence-corrected chi connectivity index (χ3v) is 4.82. The summed E-state index contributed by atoms with van der Waals surface area (Å²) in [4.78, 5) is 0.290. The first-order valence-electron chi connectivity index (χ1n) is 5.79. The van der Waals surface area contributed by atoms with Crippen molar-refractivity contribution < 1.29 is 8.42 Å². The zero-order valence-electron chi connectivity index (χ0n) is 10.8. The number of aryl methyl sites for hydroxylation is 1. The molecule has 1 aromatic rings. The van der Waals surface area contributed by atoms with Gasteiger partial charge in [-0.1, -0.05) is 6.07 Å². The molecule has 0 aliphatic heterocycles. The summed E-state index contributed by atoms with van der Waals surface area (Å²) in [6.45, 7) is 2.74. The van der Waals surface area contributed by atoms with Crippen molar-refractivity contribution in [2.75, 3.05) is 18.6 Å². The van der Waals surface area contributed by atoms with Crippen molar-refractivity contribution >= 4 is 21.8 Å². The van der Waals surface area contributed by atoms with Crippen LogP contribution < -0.4 is 10.5 Å². The van der Waals surface area contributed by atoms with Gasteiger partial charge in [0.25, 0.3) is 0 Å². The van der Waals surface area contributed by atoms with E-state index < -0.39 is 10.0 Å². The minimum Gasteiger partial charge on any atom is -0.326 e. The first kappa shape index (κ1) is 15.5. The van der Waals surface area contributed by atoms with Crippen LogP contribution in [0.2, 0.25) is 0 Å². The van der Waals surface area contributed by atoms with E-state index in [2.05, 4.69) is 4.72 Å². The summed E-state index contributed by atoms with van der Waals surface area (Å²) in [6.07, 6.45) is 2.83. The maximum atomic E-state index is 12.0. The Labute approximate surface area is 113 Å². The van der Waals surface area contributed by atoms with Crippen LogP contribution in [0.15, 0.2) is 23.1 Å². The molecule has 0 fully saturated rings. The molecule has 3 N–H and O–H groups in total. The van der Waals surface area contributed by atoms with E-state index in [9.17, 15) is 8.42 Å². The summed E-state index contributed by atoms with van der Waals surface area (Å²) in [5.74, 6) is 0.949. The van der Waals surface area contributed by atoms with Gasteiger partial charge in [-0.15, -0.1) is 0 Å². The van der Waals surface area contributed by atoms with Gasteiger partial charge in [0.15, 0.2) is 0 Å². The van der Waals surface area contributed by atoms with Crippen molar-refractivity contribution in [2.24, 2.45) is 5.73 Å². The SMILES string of the molecule is CSCCCNS(=O)(=O)c1ccc(C)c(CN)c1. The fraction of sp³-hybridized carbons (Fsp3) is 0.500. The molecular weight excluding hydrogens is 268 g/mol. The van der Waals surface area contributed by atoms with Gasteiger partial charge in [0.2, 0.25) is 10.0 Å². The Kier molecular flexibility index (Phi) is 6.14. The summed E-state index contributed by atoms with van der Waals surface area (Å²) in [5, 5.41) is 0. The van der Waals surface area contributed by atoms with Crippen molar-refractivity contribution in [1.29, 1.82) is 0 Å². The van der Waals surface area contributed by atoms with Crippen LogP contribution in [0.4, 0.5) is 0 Å². The van der Waals surface area contributed by atoms with E-state index in [1.165, 1.54) is 0 Å². The highest BCUT2D eigenvalue weighted by molar-refractivity contribution is 7.98. The van der Waals surface area contributed by atoms with Crippen LogP contribution in [0, 0.1) is 6.92 Å². The van der Waals surface area contributed by atoms with Gasteiger partial charge >= 0.3 is 0 Å². The van der Waals surface area contributed by atoms with E-state index in [4.69, 9.17) is 5.73 Å². The minimum atomic E-state index is -3.40. The van der Waals surface area contributed by atoms with E-state index in [1.807, 2.05) is 13.2 Å². The lowest BCUT2D eigenvalue weighted by atomic mass is 10.1. The molecule has 0 aliphatic rings. The van der Waals surface area contributed by atoms with Crippen LogP contribution in [0.5, 0.6) is 0 Å². The number of hydrogen-bond acceptors (Lipinski definition) is 4. The largest absolute Gasteiger partial charge is 0.326 e. The van der Waals surface area contributed by atoms with Gasteiger partial charge in [0.1, 0.15) is 0 Å². The molecule has 0 bridgehead atoms. The van der Waals surface area contributed by atoms with E-state index in [0.717, 1.165) is 23.3 Å². The second-order valence-corrected chi connectivity index (χ2v) is 6.79. The molecule has 0 radical (unpaired) electrons. The monoisotopic (exact) mass is 288 g/mol. The molecule has 6 heteroatoms. The fourth-order valence-corrected chi connectivity index (χ4v) is 3.10. The third kappa shape index (κ3) is 4.28. The lowest BCUT2D eigenvalue weighted by Crippen LogP contribution is -2.25. The molecule has 1 aromatic carbocycles. The maximum Gasteiger partial charge on any atom is 0.240 e. The van der Waals surface area contributed by atoms with E-state index in [-0.39, 0.29) is 4.90 Å². The van der Waals surface area contributed by atoms with Gasteiger partial charge in [-0.3, -0.25) is 0 Å². The van der Waals surface area contributed by atoms with E-state index in [0.29, 0.717) is 13.1 Å². The van der Waals surface area contributed by atoms with Crippen LogP contribution in [0.25, 0.3) is 0 Å². The normalized spacial score (nSPS) is 11.7. The van der Waals surface area contributed by atoms with Gasteiger partial charge in [0.05, 0.1) is 4.90 Å². The third-order valence-electron chi connectivity index (χ3n) is 2.67. The van der Waals surface area contributed by atoms with Crippen molar-refractivity contribution in [3.63, 3.8) is 0 Å². The zero-order chi connectivity index (χ0) is 13.6. The van der Waals surface area contributed by atoms with Crippen molar-refractivity contribution in [1.82, 2.24) is 4.72 Å². The van der Waals surface area contributed by atoms with Gasteiger partial charge < -0.3 is 5.73 Å². The molecule has 0 unspecified atom stereocenters. The summed E-state index contributed by atoms with van der Waals surface area (Å²) in [5.41, 5.74) is 7.46. The molecule has 0 saturated carbocycles. The number of hydrogen-bond donors (Lipinski definition) is 2. The molecule has 0 aliphatic carbocycles. The molecule has 0 heterocycles. The van der Waals surface area contributed by atoms with Gasteiger partial charge in [0, 0.05) is 13.1 Å². The summed E-state index contributed by atoms with van der Waals surface area (Å²) in [7, 11) is -3.40. The molecule has 0 spiro atoms. The minimum absolute atomic E-state index is 0.290. The highest BCUT2D eigenvalue weighted by Gasteiger charge is 2.14. The quantitative estimate of drug-likeness (QED) is 0.746. The topological polar surface area (TPSA) is 72.2 Å². The number of thioether (sulfide) groups is 1. The summed E-state index contributed by atoms with van der Waals surface area (Å²) < 4.78 is 26.6. The molecule has 0 aromatic heterocycles. The number of nitrogens with two attached hydrogens (primary N) is 1. The Hall–Kier alpha value is -0.560. The second kappa shape index (κ2) is 7.13. The highest BCUT2D eigenvalue weighted by atomic mass is 32.2. The van der Waals surface area contributed by atoms with Crippen LogP contribution in [0.3, 0.4) is 0 Å². The highest BCUT2D eigenvalue weighted by Crippen LogP contribution is 2.15. The predicted molar refractivity (Wildman–Crippen MR) is 77.3 cm³/mol. The average Bonchev–Trinajstić information content (AvgIpc) is 2.35. The number of sulfonamides is 1. The van der Waals surface area contributed by atoms with Gasteiger partial charge in [-0.05, 0) is 48.6 Å². The lowest BCUT2D eigenvalue weighted by Gasteiger charge is -2.09.